The van der Waals surface area contributed by atoms with Crippen molar-refractivity contribution in [1.29, 1.82) is 0 Å². The molecule has 0 radical (unpaired) electrons. The maximum absolute atomic E-state index is 12.6. The number of nitrogens with zero attached hydrogens (tertiary/aromatic N) is 6. The van der Waals surface area contributed by atoms with Gasteiger partial charge < -0.3 is 14.7 Å². The lowest BCUT2D eigenvalue weighted by Crippen LogP contribution is -2.50. The molecule has 2 saturated heterocycles. The highest BCUT2D eigenvalue weighted by atomic mass is 16.2. The van der Waals surface area contributed by atoms with Crippen molar-refractivity contribution < 1.29 is 9.59 Å². The number of piperazine rings is 1. The van der Waals surface area contributed by atoms with E-state index in [0.717, 1.165) is 64.1 Å². The van der Waals surface area contributed by atoms with Crippen LogP contribution in [0.4, 0.5) is 0 Å². The minimum atomic E-state index is 0.0795. The number of likely N-dealkylation sites (tertiary alicyclic amines) is 1. The molecule has 8 heteroatoms. The average Bonchev–Trinajstić information content (AvgIpc) is 2.92. The Kier molecular flexibility index (Phi) is 7.33. The fourth-order valence-corrected chi connectivity index (χ4v) is 4.06. The van der Waals surface area contributed by atoms with E-state index in [1.54, 1.807) is 19.3 Å². The van der Waals surface area contributed by atoms with E-state index in [0.29, 0.717) is 13.1 Å². The molecule has 8 nitrogen and oxygen atoms in total. The van der Waals surface area contributed by atoms with Crippen molar-refractivity contribution in [1.82, 2.24) is 29.6 Å². The Morgan fingerprint density at radius 3 is 2.46 bits per heavy atom. The van der Waals surface area contributed by atoms with Crippen LogP contribution in [-0.2, 0) is 16.1 Å². The molecule has 1 aromatic heterocycles. The lowest BCUT2D eigenvalue weighted by molar-refractivity contribution is -0.134. The van der Waals surface area contributed by atoms with Crippen molar-refractivity contribution in [3.8, 4) is 0 Å². The summed E-state index contributed by atoms with van der Waals surface area (Å²) in [6.07, 6.45) is 7.88. The van der Waals surface area contributed by atoms with Gasteiger partial charge in [0, 0.05) is 70.2 Å². The van der Waals surface area contributed by atoms with Crippen molar-refractivity contribution >= 4 is 11.8 Å². The predicted octanol–water partition coefficient (Wildman–Crippen LogP) is 0.454. The molecule has 154 valence electrons. The van der Waals surface area contributed by atoms with Gasteiger partial charge in [-0.2, -0.15) is 0 Å². The van der Waals surface area contributed by atoms with Gasteiger partial charge in [0.15, 0.2) is 0 Å². The molecule has 0 spiro atoms. The Morgan fingerprint density at radius 1 is 1.07 bits per heavy atom. The summed E-state index contributed by atoms with van der Waals surface area (Å²) in [7, 11) is 2.10. The Labute approximate surface area is 167 Å². The lowest BCUT2D eigenvalue weighted by Gasteiger charge is -2.34. The number of carbonyl (C=O) groups is 2. The van der Waals surface area contributed by atoms with Crippen LogP contribution < -0.4 is 0 Å². The van der Waals surface area contributed by atoms with E-state index in [4.69, 9.17) is 0 Å². The monoisotopic (exact) mass is 388 g/mol. The molecule has 2 aliphatic rings. The summed E-state index contributed by atoms with van der Waals surface area (Å²) in [6.45, 7) is 7.96. The first-order valence-electron chi connectivity index (χ1n) is 10.2. The third kappa shape index (κ3) is 5.72. The van der Waals surface area contributed by atoms with Crippen LogP contribution >= 0.6 is 0 Å². The van der Waals surface area contributed by atoms with Gasteiger partial charge in [0.2, 0.25) is 11.8 Å². The molecule has 1 aromatic rings. The van der Waals surface area contributed by atoms with E-state index >= 15 is 0 Å². The smallest absolute Gasteiger partial charge is 0.236 e. The van der Waals surface area contributed by atoms with E-state index in [1.807, 2.05) is 9.80 Å². The fraction of sp³-hybridized carbons (Fsp3) is 0.700. The first-order valence-corrected chi connectivity index (χ1v) is 10.2. The highest BCUT2D eigenvalue weighted by molar-refractivity contribution is 5.78. The summed E-state index contributed by atoms with van der Waals surface area (Å²) in [5, 5.41) is 0. The van der Waals surface area contributed by atoms with Crippen LogP contribution in [-0.4, -0.2) is 100 Å². The molecular formula is C20H32N6O2. The van der Waals surface area contributed by atoms with E-state index in [1.165, 1.54) is 6.33 Å². The van der Waals surface area contributed by atoms with Gasteiger partial charge in [-0.05, 0) is 32.9 Å². The van der Waals surface area contributed by atoms with Crippen LogP contribution in [0.1, 0.15) is 31.7 Å². The van der Waals surface area contributed by atoms with Crippen LogP contribution in [0.25, 0.3) is 0 Å². The Hall–Kier alpha value is -2.06. The third-order valence-corrected chi connectivity index (χ3v) is 5.82. The molecule has 0 aliphatic carbocycles. The highest BCUT2D eigenvalue weighted by Gasteiger charge is 2.27. The second kappa shape index (κ2) is 9.93. The van der Waals surface area contributed by atoms with Crippen molar-refractivity contribution in [2.45, 2.75) is 38.8 Å². The summed E-state index contributed by atoms with van der Waals surface area (Å²) in [4.78, 5) is 41.4. The summed E-state index contributed by atoms with van der Waals surface area (Å²) >= 11 is 0. The molecule has 2 amide bonds. The second-order valence-corrected chi connectivity index (χ2v) is 7.94. The molecule has 0 aromatic carbocycles. The number of likely N-dealkylation sites (N-methyl/N-ethyl adjacent to an activating group) is 1. The zero-order valence-corrected chi connectivity index (χ0v) is 17.1. The van der Waals surface area contributed by atoms with Crippen LogP contribution in [0.3, 0.4) is 0 Å². The van der Waals surface area contributed by atoms with E-state index < -0.39 is 0 Å². The van der Waals surface area contributed by atoms with Crippen molar-refractivity contribution in [3.05, 3.63) is 24.3 Å². The molecule has 3 heterocycles. The quantitative estimate of drug-likeness (QED) is 0.729. The molecular weight excluding hydrogens is 356 g/mol. The van der Waals surface area contributed by atoms with Gasteiger partial charge >= 0.3 is 0 Å². The number of carbonyl (C=O) groups excluding carboxylic acids is 2. The molecule has 0 unspecified atom stereocenters. The van der Waals surface area contributed by atoms with Gasteiger partial charge in [0.25, 0.3) is 0 Å². The molecule has 0 saturated carbocycles. The average molecular weight is 389 g/mol. The minimum absolute atomic E-state index is 0.0795. The van der Waals surface area contributed by atoms with Crippen molar-refractivity contribution in [3.63, 3.8) is 0 Å². The molecule has 28 heavy (non-hydrogen) atoms. The first kappa shape index (κ1) is 20.7. The van der Waals surface area contributed by atoms with Gasteiger partial charge in [-0.15, -0.1) is 0 Å². The van der Waals surface area contributed by atoms with Crippen LogP contribution in [0.2, 0.25) is 0 Å². The fourth-order valence-electron chi connectivity index (χ4n) is 4.06. The number of rotatable bonds is 5. The van der Waals surface area contributed by atoms with Gasteiger partial charge in [0.1, 0.15) is 6.33 Å². The number of hydrogen-bond donors (Lipinski definition) is 0. The molecule has 1 atom stereocenters. The van der Waals surface area contributed by atoms with Gasteiger partial charge in [-0.25, -0.2) is 9.97 Å². The lowest BCUT2D eigenvalue weighted by atomic mass is 10.1. The predicted molar refractivity (Wildman–Crippen MR) is 106 cm³/mol. The molecule has 2 aliphatic heterocycles. The molecule has 3 rings (SSSR count). The normalized spacial score (nSPS) is 21.9. The molecule has 0 N–H and O–H groups in total. The highest BCUT2D eigenvalue weighted by Crippen LogP contribution is 2.19. The van der Waals surface area contributed by atoms with E-state index in [2.05, 4.69) is 26.8 Å². The van der Waals surface area contributed by atoms with E-state index in [9.17, 15) is 9.59 Å². The maximum atomic E-state index is 12.6. The SMILES string of the molecule is CC(=O)N(Cc1cncnc1)[C@H]1CCCN(CC(=O)N2CCN(C)CC2)CC1. The third-order valence-electron chi connectivity index (χ3n) is 5.82. The number of aromatic nitrogens is 2. The second-order valence-electron chi connectivity index (χ2n) is 7.94. The first-order chi connectivity index (χ1) is 13.5. The van der Waals surface area contributed by atoms with Gasteiger partial charge in [-0.1, -0.05) is 0 Å². The van der Waals surface area contributed by atoms with Gasteiger partial charge in [0.05, 0.1) is 6.54 Å². The summed E-state index contributed by atoms with van der Waals surface area (Å²) in [5.74, 6) is 0.312. The Bertz CT molecular complexity index is 647. The minimum Gasteiger partial charge on any atom is -0.339 e. The van der Waals surface area contributed by atoms with Crippen LogP contribution in [0.5, 0.6) is 0 Å². The van der Waals surface area contributed by atoms with E-state index in [-0.39, 0.29) is 17.9 Å². The summed E-state index contributed by atoms with van der Waals surface area (Å²) in [5.41, 5.74) is 0.948. The topological polar surface area (TPSA) is 72.9 Å². The molecule has 0 bridgehead atoms. The van der Waals surface area contributed by atoms with Crippen LogP contribution in [0.15, 0.2) is 18.7 Å². The number of hydrogen-bond acceptors (Lipinski definition) is 6. The molecule has 2 fully saturated rings. The summed E-state index contributed by atoms with van der Waals surface area (Å²) in [6, 6.07) is 0.196. The standard InChI is InChI=1S/C20H32N6O2/c1-17(27)26(14-18-12-21-16-22-13-18)19-4-3-6-24(7-5-19)15-20(28)25-10-8-23(2)9-11-25/h12-13,16,19H,3-11,14-15H2,1-2H3/t19-/m0/s1. The zero-order chi connectivity index (χ0) is 19.9. The Morgan fingerprint density at radius 2 is 1.79 bits per heavy atom. The maximum Gasteiger partial charge on any atom is 0.236 e. The van der Waals surface area contributed by atoms with Crippen molar-refractivity contribution in [2.75, 3.05) is 52.9 Å². The number of amides is 2. The summed E-state index contributed by atoms with van der Waals surface area (Å²) < 4.78 is 0. The zero-order valence-electron chi connectivity index (χ0n) is 17.1. The van der Waals surface area contributed by atoms with Crippen molar-refractivity contribution in [2.24, 2.45) is 0 Å². The van der Waals surface area contributed by atoms with Gasteiger partial charge in [-0.3, -0.25) is 14.5 Å². The Balaban J connectivity index is 1.53. The largest absolute Gasteiger partial charge is 0.339 e. The van der Waals surface area contributed by atoms with Crippen LogP contribution in [0, 0.1) is 0 Å².